The maximum atomic E-state index is 12.7. The molecule has 1 aromatic rings. The van der Waals surface area contributed by atoms with E-state index in [1.54, 1.807) is 0 Å². The number of carbonyl (C=O) groups is 1. The van der Waals surface area contributed by atoms with Crippen molar-refractivity contribution in [1.29, 1.82) is 0 Å². The zero-order valence-electron chi connectivity index (χ0n) is 18.7. The molecule has 31 heavy (non-hydrogen) atoms. The third-order valence-electron chi connectivity index (χ3n) is 7.50. The fourth-order valence-corrected chi connectivity index (χ4v) is 7.11. The largest absolute Gasteiger partial charge is 1.00 e. The van der Waals surface area contributed by atoms with Crippen molar-refractivity contribution in [2.75, 3.05) is 25.0 Å². The van der Waals surface area contributed by atoms with Gasteiger partial charge in [-0.05, 0) is 85.2 Å². The van der Waals surface area contributed by atoms with Gasteiger partial charge in [0.25, 0.3) is 0 Å². The van der Waals surface area contributed by atoms with Crippen LogP contribution in [0.1, 0.15) is 67.2 Å². The van der Waals surface area contributed by atoms with E-state index in [4.69, 9.17) is 0 Å². The number of carbonyl (C=O) groups excluding carboxylic acids is 1. The molecule has 1 N–H and O–H groups in total. The zero-order chi connectivity index (χ0) is 20.7. The van der Waals surface area contributed by atoms with Gasteiger partial charge < -0.3 is 14.9 Å². The molecule has 1 saturated carbocycles. The first kappa shape index (κ1) is 24.2. The molecule has 0 spiro atoms. The summed E-state index contributed by atoms with van der Waals surface area (Å²) in [5.41, 5.74) is 5.86. The van der Waals surface area contributed by atoms with Crippen LogP contribution in [-0.2, 0) is 35.7 Å². The van der Waals surface area contributed by atoms with Crippen molar-refractivity contribution in [2.24, 2.45) is 5.92 Å². The van der Waals surface area contributed by atoms with Crippen molar-refractivity contribution in [3.05, 3.63) is 33.0 Å². The van der Waals surface area contributed by atoms with Crippen molar-refractivity contribution in [3.8, 4) is 0 Å². The number of sulfonamides is 1. The number of rotatable bonds is 5. The Balaban J connectivity index is 0.00000231. The van der Waals surface area contributed by atoms with Gasteiger partial charge in [-0.15, -0.1) is 0 Å². The fourth-order valence-electron chi connectivity index (χ4n) is 5.88. The summed E-state index contributed by atoms with van der Waals surface area (Å²) in [6, 6.07) is 1.57. The zero-order valence-corrected chi connectivity index (χ0v) is 22.6. The minimum absolute atomic E-state index is 0. The van der Waals surface area contributed by atoms with Crippen LogP contribution in [0.15, 0.2) is 6.07 Å². The van der Waals surface area contributed by atoms with Gasteiger partial charge in [0.1, 0.15) is 0 Å². The Hall–Kier alpha value is 0.0364. The number of nitrogens with one attached hydrogen (secondary N) is 1. The van der Waals surface area contributed by atoms with Crippen LogP contribution in [0.5, 0.6) is 0 Å². The molecule has 2 amide bonds. The average Bonchev–Trinajstić information content (AvgIpc) is 3.33. The number of amides is 2. The summed E-state index contributed by atoms with van der Waals surface area (Å²) < 4.78 is 29.0. The van der Waals surface area contributed by atoms with Crippen LogP contribution in [0.25, 0.3) is 4.72 Å². The standard InChI is InChI=1S/C23H33N3O3S.K/c27-23(24-22-20-10-4-8-17(20)12-18-9-5-11-21(18)22)25-30(28,29)19-14-26(15-19)13-16-6-2-1-3-7-16;/h12,16,19H,1-11,13-15H2,(H2,24,25,27);/q;+1/p-1. The number of likely N-dealkylation sites (tertiary alicyclic amines) is 1. The molecule has 0 unspecified atom stereocenters. The molecule has 0 radical (unpaired) electrons. The summed E-state index contributed by atoms with van der Waals surface area (Å²) in [4.78, 5) is 14.8. The SMILES string of the molecule is O=C([N-]S(=O)(=O)C1CN(CC2CCCCC2)C1)Nc1c2c(cc3c1CCC3)CCC2.[K+]. The molecule has 164 valence electrons. The Morgan fingerprint density at radius 1 is 0.968 bits per heavy atom. The topological polar surface area (TPSA) is 80.6 Å². The quantitative estimate of drug-likeness (QED) is 0.657. The predicted molar refractivity (Wildman–Crippen MR) is 119 cm³/mol. The molecule has 0 atom stereocenters. The van der Waals surface area contributed by atoms with E-state index in [0.717, 1.165) is 50.8 Å². The van der Waals surface area contributed by atoms with Gasteiger partial charge in [-0.25, -0.2) is 8.42 Å². The maximum Gasteiger partial charge on any atom is 1.00 e. The van der Waals surface area contributed by atoms with Crippen molar-refractivity contribution < 1.29 is 64.6 Å². The van der Waals surface area contributed by atoms with Crippen LogP contribution in [-0.4, -0.2) is 44.2 Å². The van der Waals surface area contributed by atoms with Gasteiger partial charge >= 0.3 is 51.4 Å². The first-order chi connectivity index (χ1) is 14.5. The minimum atomic E-state index is -3.77. The number of hydrogen-bond donors (Lipinski definition) is 1. The predicted octanol–water partition coefficient (Wildman–Crippen LogP) is 1.17. The van der Waals surface area contributed by atoms with E-state index >= 15 is 0 Å². The summed E-state index contributed by atoms with van der Waals surface area (Å²) in [6.07, 6.45) is 12.6. The van der Waals surface area contributed by atoms with Crippen molar-refractivity contribution >= 4 is 21.7 Å². The number of hydrogen-bond acceptors (Lipinski definition) is 4. The first-order valence-corrected chi connectivity index (χ1v) is 13.2. The molecule has 3 aliphatic carbocycles. The Kier molecular flexibility index (Phi) is 7.89. The molecule has 1 heterocycles. The molecule has 1 saturated heterocycles. The smallest absolute Gasteiger partial charge is 0.423 e. The molecule has 2 fully saturated rings. The number of nitrogens with zero attached hydrogens (tertiary/aromatic N) is 2. The molecule has 5 rings (SSSR count). The first-order valence-electron chi connectivity index (χ1n) is 11.7. The summed E-state index contributed by atoms with van der Waals surface area (Å²) in [5.74, 6) is 0.699. The van der Waals surface area contributed by atoms with Crippen LogP contribution in [0.3, 0.4) is 0 Å². The van der Waals surface area contributed by atoms with Crippen LogP contribution >= 0.6 is 0 Å². The van der Waals surface area contributed by atoms with Crippen molar-refractivity contribution in [2.45, 2.75) is 75.9 Å². The third kappa shape index (κ3) is 5.25. The van der Waals surface area contributed by atoms with Gasteiger partial charge in [-0.2, -0.15) is 0 Å². The molecular formula is C23H32KN3O3S. The molecule has 0 bridgehead atoms. The summed E-state index contributed by atoms with van der Waals surface area (Å²) in [6.45, 7) is 2.00. The molecule has 6 nitrogen and oxygen atoms in total. The third-order valence-corrected chi connectivity index (χ3v) is 9.06. The Labute approximate surface area is 228 Å². The molecular weight excluding hydrogens is 437 g/mol. The summed E-state index contributed by atoms with van der Waals surface area (Å²) >= 11 is 0. The Morgan fingerprint density at radius 3 is 2.19 bits per heavy atom. The van der Waals surface area contributed by atoms with E-state index in [1.165, 1.54) is 54.4 Å². The maximum absolute atomic E-state index is 12.7. The number of anilines is 1. The van der Waals surface area contributed by atoms with E-state index in [9.17, 15) is 13.2 Å². The van der Waals surface area contributed by atoms with Crippen LogP contribution < -0.4 is 56.7 Å². The summed E-state index contributed by atoms with van der Waals surface area (Å²) in [7, 11) is -3.77. The fraction of sp³-hybridized carbons (Fsp3) is 0.696. The number of benzene rings is 1. The van der Waals surface area contributed by atoms with Crippen LogP contribution in [0.2, 0.25) is 0 Å². The minimum Gasteiger partial charge on any atom is -0.423 e. The van der Waals surface area contributed by atoms with E-state index < -0.39 is 21.3 Å². The molecule has 4 aliphatic rings. The summed E-state index contributed by atoms with van der Waals surface area (Å²) in [5, 5.41) is 2.34. The van der Waals surface area contributed by atoms with Crippen LogP contribution in [0.4, 0.5) is 10.5 Å². The van der Waals surface area contributed by atoms with E-state index in [1.807, 2.05) is 0 Å². The monoisotopic (exact) mass is 469 g/mol. The number of urea groups is 1. The molecule has 8 heteroatoms. The van der Waals surface area contributed by atoms with Gasteiger partial charge in [0.05, 0.1) is 5.25 Å². The second-order valence-corrected chi connectivity index (χ2v) is 11.5. The second-order valence-electron chi connectivity index (χ2n) is 9.62. The van der Waals surface area contributed by atoms with Gasteiger partial charge in [-0.1, -0.05) is 25.3 Å². The Morgan fingerprint density at radius 2 is 1.58 bits per heavy atom. The number of aryl methyl sites for hydroxylation is 2. The van der Waals surface area contributed by atoms with Gasteiger partial charge in [0, 0.05) is 19.6 Å². The van der Waals surface area contributed by atoms with Gasteiger partial charge in [0.2, 0.25) is 0 Å². The Bertz CT molecular complexity index is 906. The molecule has 1 aliphatic heterocycles. The second kappa shape index (κ2) is 10.1. The van der Waals surface area contributed by atoms with E-state index in [-0.39, 0.29) is 51.4 Å². The van der Waals surface area contributed by atoms with E-state index in [2.05, 4.69) is 21.0 Å². The van der Waals surface area contributed by atoms with Crippen molar-refractivity contribution in [3.63, 3.8) is 0 Å². The van der Waals surface area contributed by atoms with E-state index in [0.29, 0.717) is 19.0 Å². The van der Waals surface area contributed by atoms with Crippen molar-refractivity contribution in [1.82, 2.24) is 4.90 Å². The van der Waals surface area contributed by atoms with Crippen LogP contribution in [0, 0.1) is 5.92 Å². The van der Waals surface area contributed by atoms with Gasteiger partial charge in [0.15, 0.2) is 16.1 Å². The normalized spacial score (nSPS) is 21.7. The number of fused-ring (bicyclic) bond motifs is 2. The van der Waals surface area contributed by atoms with Gasteiger partial charge in [-0.3, -0.25) is 4.79 Å². The average molecular weight is 470 g/mol. The molecule has 1 aromatic carbocycles. The molecule has 0 aromatic heterocycles.